The molecular formula is C9H13NS. The molecule has 0 aromatic carbocycles. The van der Waals surface area contributed by atoms with Crippen molar-refractivity contribution in [1.29, 1.82) is 0 Å². The van der Waals surface area contributed by atoms with Crippen LogP contribution in [0.1, 0.15) is 29.8 Å². The first kappa shape index (κ1) is 7.32. The van der Waals surface area contributed by atoms with Gasteiger partial charge in [-0.15, -0.1) is 11.3 Å². The summed E-state index contributed by atoms with van der Waals surface area (Å²) >= 11 is 1.90. The highest BCUT2D eigenvalue weighted by molar-refractivity contribution is 7.10. The van der Waals surface area contributed by atoms with Gasteiger partial charge in [-0.1, -0.05) is 6.92 Å². The molecule has 1 aliphatic heterocycles. The van der Waals surface area contributed by atoms with Crippen molar-refractivity contribution >= 4 is 11.3 Å². The molecule has 0 radical (unpaired) electrons. The zero-order valence-electron chi connectivity index (χ0n) is 6.76. The summed E-state index contributed by atoms with van der Waals surface area (Å²) in [5.41, 5.74) is 1.55. The average Bonchev–Trinajstić information content (AvgIpc) is 2.50. The van der Waals surface area contributed by atoms with E-state index in [4.69, 9.17) is 0 Å². The van der Waals surface area contributed by atoms with Crippen LogP contribution in [-0.4, -0.2) is 6.54 Å². The van der Waals surface area contributed by atoms with Crippen LogP contribution in [0.15, 0.2) is 11.4 Å². The Balaban J connectivity index is 2.32. The quantitative estimate of drug-likeness (QED) is 0.677. The van der Waals surface area contributed by atoms with Gasteiger partial charge >= 0.3 is 0 Å². The number of hydrogen-bond donors (Lipinski definition) is 1. The van der Waals surface area contributed by atoms with Crippen molar-refractivity contribution in [1.82, 2.24) is 5.32 Å². The fourth-order valence-electron chi connectivity index (χ4n) is 1.70. The van der Waals surface area contributed by atoms with Crippen LogP contribution in [0.2, 0.25) is 0 Å². The molecule has 1 nitrogen and oxygen atoms in total. The molecule has 60 valence electrons. The van der Waals surface area contributed by atoms with E-state index in [1.165, 1.54) is 12.8 Å². The van der Waals surface area contributed by atoms with Crippen LogP contribution < -0.4 is 5.32 Å². The van der Waals surface area contributed by atoms with E-state index in [2.05, 4.69) is 23.7 Å². The first-order valence-electron chi connectivity index (χ1n) is 4.21. The summed E-state index contributed by atoms with van der Waals surface area (Å²) in [5.74, 6) is 0. The lowest BCUT2D eigenvalue weighted by Crippen LogP contribution is -2.27. The molecule has 1 aromatic rings. The van der Waals surface area contributed by atoms with E-state index in [1.54, 1.807) is 10.4 Å². The average molecular weight is 167 g/mol. The topological polar surface area (TPSA) is 12.0 Å². The van der Waals surface area contributed by atoms with Crippen molar-refractivity contribution in [3.8, 4) is 0 Å². The number of rotatable bonds is 1. The highest BCUT2D eigenvalue weighted by Crippen LogP contribution is 2.28. The molecule has 1 aromatic heterocycles. The lowest BCUT2D eigenvalue weighted by atomic mass is 10.0. The smallest absolute Gasteiger partial charge is 0.0328 e. The molecule has 0 saturated heterocycles. The molecule has 0 bridgehead atoms. The molecule has 1 N–H and O–H groups in total. The molecule has 0 aliphatic carbocycles. The monoisotopic (exact) mass is 167 g/mol. The van der Waals surface area contributed by atoms with Gasteiger partial charge in [0.15, 0.2) is 0 Å². The maximum absolute atomic E-state index is 3.52. The molecule has 0 fully saturated rings. The zero-order valence-corrected chi connectivity index (χ0v) is 7.58. The summed E-state index contributed by atoms with van der Waals surface area (Å²) in [5, 5.41) is 5.73. The Morgan fingerprint density at radius 3 is 3.45 bits per heavy atom. The standard InChI is InChI=1S/C9H13NS/c1-2-8-7-4-6-11-9(7)3-5-10-8/h4,6,8,10H,2-3,5H2,1H3. The molecule has 0 saturated carbocycles. The molecule has 2 heterocycles. The summed E-state index contributed by atoms with van der Waals surface area (Å²) in [4.78, 5) is 1.59. The highest BCUT2D eigenvalue weighted by atomic mass is 32.1. The normalized spacial score (nSPS) is 23.2. The van der Waals surface area contributed by atoms with E-state index < -0.39 is 0 Å². The Labute approximate surface area is 71.4 Å². The lowest BCUT2D eigenvalue weighted by Gasteiger charge is -2.22. The second-order valence-corrected chi connectivity index (χ2v) is 3.96. The first-order valence-corrected chi connectivity index (χ1v) is 5.09. The summed E-state index contributed by atoms with van der Waals surface area (Å²) in [6, 6.07) is 2.89. The van der Waals surface area contributed by atoms with Crippen molar-refractivity contribution in [3.05, 3.63) is 21.9 Å². The van der Waals surface area contributed by atoms with Gasteiger partial charge in [0, 0.05) is 17.5 Å². The maximum Gasteiger partial charge on any atom is 0.0328 e. The Bertz CT molecular complexity index is 241. The van der Waals surface area contributed by atoms with Gasteiger partial charge in [-0.25, -0.2) is 0 Å². The number of nitrogens with one attached hydrogen (secondary N) is 1. The largest absolute Gasteiger partial charge is 0.310 e. The second-order valence-electron chi connectivity index (χ2n) is 2.96. The molecule has 0 amide bonds. The van der Waals surface area contributed by atoms with Gasteiger partial charge < -0.3 is 5.32 Å². The van der Waals surface area contributed by atoms with Crippen molar-refractivity contribution in [2.75, 3.05) is 6.54 Å². The van der Waals surface area contributed by atoms with Gasteiger partial charge in [-0.3, -0.25) is 0 Å². The molecule has 0 spiro atoms. The van der Waals surface area contributed by atoms with Crippen LogP contribution in [0, 0.1) is 0 Å². The molecule has 1 atom stereocenters. The van der Waals surface area contributed by atoms with E-state index in [9.17, 15) is 0 Å². The van der Waals surface area contributed by atoms with E-state index in [1.807, 2.05) is 11.3 Å². The van der Waals surface area contributed by atoms with Gasteiger partial charge in [0.05, 0.1) is 0 Å². The van der Waals surface area contributed by atoms with Crippen LogP contribution in [-0.2, 0) is 6.42 Å². The maximum atomic E-state index is 3.52. The van der Waals surface area contributed by atoms with Crippen LogP contribution in [0.25, 0.3) is 0 Å². The van der Waals surface area contributed by atoms with Gasteiger partial charge in [0.1, 0.15) is 0 Å². The zero-order chi connectivity index (χ0) is 7.68. The summed E-state index contributed by atoms with van der Waals surface area (Å²) in [6.45, 7) is 3.40. The van der Waals surface area contributed by atoms with Crippen molar-refractivity contribution in [3.63, 3.8) is 0 Å². The second kappa shape index (κ2) is 2.95. The highest BCUT2D eigenvalue weighted by Gasteiger charge is 2.17. The predicted molar refractivity (Wildman–Crippen MR) is 49.1 cm³/mol. The fourth-order valence-corrected chi connectivity index (χ4v) is 2.64. The Hall–Kier alpha value is -0.340. The minimum absolute atomic E-state index is 0.630. The van der Waals surface area contributed by atoms with Crippen LogP contribution >= 0.6 is 11.3 Å². The number of hydrogen-bond acceptors (Lipinski definition) is 2. The van der Waals surface area contributed by atoms with Crippen LogP contribution in [0.3, 0.4) is 0 Å². The van der Waals surface area contributed by atoms with Crippen LogP contribution in [0.5, 0.6) is 0 Å². The van der Waals surface area contributed by atoms with Gasteiger partial charge in [-0.2, -0.15) is 0 Å². The minimum atomic E-state index is 0.630. The van der Waals surface area contributed by atoms with Crippen LogP contribution in [0.4, 0.5) is 0 Å². The third-order valence-electron chi connectivity index (χ3n) is 2.31. The molecule has 2 heteroatoms. The summed E-state index contributed by atoms with van der Waals surface area (Å²) in [7, 11) is 0. The molecule has 11 heavy (non-hydrogen) atoms. The van der Waals surface area contributed by atoms with Crippen molar-refractivity contribution < 1.29 is 0 Å². The Kier molecular flexibility index (Phi) is 1.96. The molecular weight excluding hydrogens is 154 g/mol. The lowest BCUT2D eigenvalue weighted by molar-refractivity contribution is 0.498. The fraction of sp³-hybridized carbons (Fsp3) is 0.556. The third kappa shape index (κ3) is 1.21. The van der Waals surface area contributed by atoms with Crippen molar-refractivity contribution in [2.45, 2.75) is 25.8 Å². The molecule has 2 rings (SSSR count). The van der Waals surface area contributed by atoms with Crippen molar-refractivity contribution in [2.24, 2.45) is 0 Å². The Morgan fingerprint density at radius 1 is 1.73 bits per heavy atom. The Morgan fingerprint density at radius 2 is 2.64 bits per heavy atom. The van der Waals surface area contributed by atoms with Gasteiger partial charge in [0.25, 0.3) is 0 Å². The molecule has 1 aliphatic rings. The third-order valence-corrected chi connectivity index (χ3v) is 3.30. The van der Waals surface area contributed by atoms with Gasteiger partial charge in [0.2, 0.25) is 0 Å². The van der Waals surface area contributed by atoms with E-state index in [0.29, 0.717) is 6.04 Å². The number of thiophene rings is 1. The summed E-state index contributed by atoms with van der Waals surface area (Å²) < 4.78 is 0. The first-order chi connectivity index (χ1) is 5.42. The van der Waals surface area contributed by atoms with E-state index in [-0.39, 0.29) is 0 Å². The SMILES string of the molecule is CCC1NCCc2sccc21. The number of fused-ring (bicyclic) bond motifs is 1. The predicted octanol–water partition coefficient (Wildman–Crippen LogP) is 2.34. The molecule has 1 unspecified atom stereocenters. The van der Waals surface area contributed by atoms with E-state index >= 15 is 0 Å². The minimum Gasteiger partial charge on any atom is -0.310 e. The van der Waals surface area contributed by atoms with E-state index in [0.717, 1.165) is 6.54 Å². The summed E-state index contributed by atoms with van der Waals surface area (Å²) in [6.07, 6.45) is 2.44. The van der Waals surface area contributed by atoms with Gasteiger partial charge in [-0.05, 0) is 29.9 Å².